The van der Waals surface area contributed by atoms with Gasteiger partial charge in [-0.2, -0.15) is 0 Å². The minimum atomic E-state index is 0.677. The molecule has 0 bridgehead atoms. The lowest BCUT2D eigenvalue weighted by Gasteiger charge is -2.61. The van der Waals surface area contributed by atoms with E-state index in [1.807, 2.05) is 0 Å². The quantitative estimate of drug-likeness (QED) is 0.453. The van der Waals surface area contributed by atoms with Gasteiger partial charge in [0.05, 0.1) is 0 Å². The van der Waals surface area contributed by atoms with Gasteiger partial charge < -0.3 is 0 Å². The second kappa shape index (κ2) is 7.68. The van der Waals surface area contributed by atoms with Crippen molar-refractivity contribution in [1.82, 2.24) is 0 Å². The smallest absolute Gasteiger partial charge is 0.0264 e. The van der Waals surface area contributed by atoms with Gasteiger partial charge in [0.1, 0.15) is 0 Å². The molecule has 0 N–H and O–H groups in total. The van der Waals surface area contributed by atoms with Crippen molar-refractivity contribution in [2.24, 2.45) is 52.3 Å². The molecule has 0 saturated heterocycles. The van der Waals surface area contributed by atoms with E-state index < -0.39 is 0 Å². The molecule has 0 nitrogen and oxygen atoms in total. The number of fused-ring (bicyclic) bond motifs is 5. The van der Waals surface area contributed by atoms with E-state index in [-0.39, 0.29) is 0 Å². The molecule has 0 radical (unpaired) electrons. The number of hydrogen-bond donors (Lipinski definition) is 0. The molecule has 4 fully saturated rings. The molecule has 0 amide bonds. The van der Waals surface area contributed by atoms with E-state index in [0.717, 1.165) is 41.4 Å². The van der Waals surface area contributed by atoms with Crippen molar-refractivity contribution in [1.29, 1.82) is 0 Å². The largest absolute Gasteiger partial charge is 0.0628 e. The second-order valence-corrected chi connectivity index (χ2v) is 12.4. The Hall–Kier alpha value is 0. The van der Waals surface area contributed by atoms with Crippen LogP contribution in [-0.4, -0.2) is 0 Å². The van der Waals surface area contributed by atoms with Gasteiger partial charge in [0.15, 0.2) is 0 Å². The molecule has 0 aromatic rings. The first-order chi connectivity index (χ1) is 12.9. The third kappa shape index (κ3) is 3.44. The van der Waals surface area contributed by atoms with Crippen LogP contribution in [-0.2, 0) is 0 Å². The van der Waals surface area contributed by atoms with Crippen LogP contribution in [0.4, 0.5) is 0 Å². The summed E-state index contributed by atoms with van der Waals surface area (Å²) in [6.07, 6.45) is 19.9. The summed E-state index contributed by atoms with van der Waals surface area (Å²) in [5.41, 5.74) is 1.39. The lowest BCUT2D eigenvalue weighted by atomic mass is 9.44. The fourth-order valence-corrected chi connectivity index (χ4v) is 9.32. The van der Waals surface area contributed by atoms with Crippen LogP contribution in [0.25, 0.3) is 0 Å². The van der Waals surface area contributed by atoms with Gasteiger partial charge >= 0.3 is 0 Å². The van der Waals surface area contributed by atoms with Crippen molar-refractivity contribution in [3.05, 3.63) is 0 Å². The molecule has 4 rings (SSSR count). The highest BCUT2D eigenvalue weighted by Gasteiger charge is 2.59. The van der Waals surface area contributed by atoms with Crippen molar-refractivity contribution < 1.29 is 0 Å². The van der Waals surface area contributed by atoms with Gasteiger partial charge in [-0.15, -0.1) is 0 Å². The Kier molecular flexibility index (Phi) is 5.77. The Morgan fingerprint density at radius 1 is 0.741 bits per heavy atom. The SMILES string of the molecule is CC(C)CCC[C@@H](C)C1CCC2[C@@H]3CCC4CCCC[C@]4(C)C3CC[C@@]21C. The monoisotopic (exact) mass is 372 g/mol. The highest BCUT2D eigenvalue weighted by molar-refractivity contribution is 5.09. The van der Waals surface area contributed by atoms with Crippen molar-refractivity contribution in [2.45, 2.75) is 118 Å². The van der Waals surface area contributed by atoms with Crippen molar-refractivity contribution in [3.8, 4) is 0 Å². The average molecular weight is 373 g/mol. The number of hydrogen-bond acceptors (Lipinski definition) is 0. The molecular formula is C27H48. The predicted molar refractivity (Wildman–Crippen MR) is 118 cm³/mol. The molecule has 27 heavy (non-hydrogen) atoms. The summed E-state index contributed by atoms with van der Waals surface area (Å²) in [6, 6.07) is 0. The first-order valence-electron chi connectivity index (χ1n) is 12.9. The predicted octanol–water partition coefficient (Wildman–Crippen LogP) is 8.50. The standard InChI is InChI=1S/C27H48/c1-19(2)9-8-10-20(3)23-14-15-24-22-13-12-21-11-6-7-17-26(21,4)25(22)16-18-27(23,24)5/h19-25H,6-18H2,1-5H3/t20-,21?,22+,23?,24?,25?,26+,27-/m1/s1. The first-order valence-corrected chi connectivity index (χ1v) is 12.9. The van der Waals surface area contributed by atoms with Gasteiger partial charge in [0.25, 0.3) is 0 Å². The van der Waals surface area contributed by atoms with E-state index in [4.69, 9.17) is 0 Å². The Labute approximate surface area is 170 Å². The molecule has 0 aromatic heterocycles. The van der Waals surface area contributed by atoms with E-state index in [9.17, 15) is 0 Å². The summed E-state index contributed by atoms with van der Waals surface area (Å²) < 4.78 is 0. The summed E-state index contributed by atoms with van der Waals surface area (Å²) in [5.74, 6) is 7.15. The van der Waals surface area contributed by atoms with Crippen LogP contribution in [0.15, 0.2) is 0 Å². The third-order valence-corrected chi connectivity index (χ3v) is 10.8. The molecule has 0 aromatic carbocycles. The third-order valence-electron chi connectivity index (χ3n) is 10.8. The number of rotatable bonds is 5. The van der Waals surface area contributed by atoms with Crippen LogP contribution in [0.1, 0.15) is 118 Å². The fraction of sp³-hybridized carbons (Fsp3) is 1.00. The highest BCUT2D eigenvalue weighted by Crippen LogP contribution is 2.68. The van der Waals surface area contributed by atoms with E-state index in [0.29, 0.717) is 10.8 Å². The summed E-state index contributed by atoms with van der Waals surface area (Å²) in [7, 11) is 0. The van der Waals surface area contributed by atoms with Gasteiger partial charge in [0, 0.05) is 0 Å². The molecule has 4 aliphatic rings. The summed E-state index contributed by atoms with van der Waals surface area (Å²) in [4.78, 5) is 0. The van der Waals surface area contributed by atoms with Crippen LogP contribution in [0.5, 0.6) is 0 Å². The van der Waals surface area contributed by atoms with Gasteiger partial charge in [-0.25, -0.2) is 0 Å². The molecule has 4 aliphatic carbocycles. The Balaban J connectivity index is 1.46. The summed E-state index contributed by atoms with van der Waals surface area (Å²) in [5, 5.41) is 0. The molecule has 0 spiro atoms. The van der Waals surface area contributed by atoms with Crippen molar-refractivity contribution in [2.75, 3.05) is 0 Å². The van der Waals surface area contributed by atoms with E-state index >= 15 is 0 Å². The molecule has 4 saturated carbocycles. The maximum absolute atomic E-state index is 2.75. The van der Waals surface area contributed by atoms with Gasteiger partial charge in [-0.05, 0) is 104 Å². The van der Waals surface area contributed by atoms with Crippen LogP contribution < -0.4 is 0 Å². The van der Waals surface area contributed by atoms with E-state index in [1.54, 1.807) is 51.4 Å². The Bertz CT molecular complexity index is 506. The van der Waals surface area contributed by atoms with Crippen LogP contribution >= 0.6 is 0 Å². The Morgan fingerprint density at radius 2 is 1.52 bits per heavy atom. The minimum Gasteiger partial charge on any atom is -0.0628 e. The molecule has 8 atom stereocenters. The van der Waals surface area contributed by atoms with Gasteiger partial charge in [0.2, 0.25) is 0 Å². The van der Waals surface area contributed by atoms with Crippen LogP contribution in [0.2, 0.25) is 0 Å². The van der Waals surface area contributed by atoms with E-state index in [2.05, 4.69) is 34.6 Å². The zero-order valence-corrected chi connectivity index (χ0v) is 19.2. The molecule has 156 valence electrons. The van der Waals surface area contributed by atoms with Crippen molar-refractivity contribution in [3.63, 3.8) is 0 Å². The fourth-order valence-electron chi connectivity index (χ4n) is 9.32. The normalized spacial score (nSPS) is 48.0. The Morgan fingerprint density at radius 3 is 2.30 bits per heavy atom. The average Bonchev–Trinajstić information content (AvgIpc) is 2.98. The lowest BCUT2D eigenvalue weighted by molar-refractivity contribution is -0.114. The van der Waals surface area contributed by atoms with Crippen LogP contribution in [0.3, 0.4) is 0 Å². The summed E-state index contributed by atoms with van der Waals surface area (Å²) >= 11 is 0. The maximum atomic E-state index is 2.75. The van der Waals surface area contributed by atoms with Crippen molar-refractivity contribution >= 4 is 0 Å². The molecule has 0 heterocycles. The highest BCUT2D eigenvalue weighted by atomic mass is 14.6. The minimum absolute atomic E-state index is 0.677. The molecular weight excluding hydrogens is 324 g/mol. The van der Waals surface area contributed by atoms with Gasteiger partial charge in [-0.1, -0.05) is 66.7 Å². The zero-order valence-electron chi connectivity index (χ0n) is 19.2. The maximum Gasteiger partial charge on any atom is -0.0264 e. The van der Waals surface area contributed by atoms with E-state index in [1.165, 1.54) is 32.1 Å². The molecule has 0 heteroatoms. The summed E-state index contributed by atoms with van der Waals surface area (Å²) in [6.45, 7) is 12.9. The lowest BCUT2D eigenvalue weighted by Crippen LogP contribution is -2.53. The zero-order chi connectivity index (χ0) is 19.2. The van der Waals surface area contributed by atoms with Gasteiger partial charge in [-0.3, -0.25) is 0 Å². The second-order valence-electron chi connectivity index (χ2n) is 12.4. The first kappa shape index (κ1) is 20.3. The topological polar surface area (TPSA) is 0 Å². The van der Waals surface area contributed by atoms with Crippen LogP contribution in [0, 0.1) is 52.3 Å². The molecule has 4 unspecified atom stereocenters. The molecule has 0 aliphatic heterocycles.